The standard InChI is InChI=1S/C43H33N3O/c1-2-10-28-24-29(17-16-26(28)8-1)41-44-42(30-19-21-37-36-12-5-6-15-39(36)47-40(37)25-30)46-43(45-41)38-14-7-13-32-34-20-18-27-9-3-4-11-31(27)33(34)22-23-35(32)38/h1-2,6-11,13-16,18,20-25,29-30H,3-5,12,17,19H2. The number of aromatic nitrogens is 3. The van der Waals surface area contributed by atoms with E-state index in [9.17, 15) is 0 Å². The van der Waals surface area contributed by atoms with Crippen molar-refractivity contribution in [1.29, 1.82) is 0 Å². The molecule has 0 amide bonds. The minimum absolute atomic E-state index is 0.00792. The lowest BCUT2D eigenvalue weighted by Gasteiger charge is -2.18. The Balaban J connectivity index is 1.17. The summed E-state index contributed by atoms with van der Waals surface area (Å²) < 4.78 is 6.36. The Labute approximate surface area is 271 Å². The lowest BCUT2D eigenvalue weighted by atomic mass is 9.93. The zero-order chi connectivity index (χ0) is 30.9. The van der Waals surface area contributed by atoms with Gasteiger partial charge in [-0.3, -0.25) is 0 Å². The Kier molecular flexibility index (Phi) is 6.05. The number of fused-ring (bicyclic) bond motifs is 9. The van der Waals surface area contributed by atoms with Gasteiger partial charge >= 0.3 is 0 Å². The van der Waals surface area contributed by atoms with Crippen LogP contribution in [-0.2, 0) is 6.42 Å². The number of hydrogen-bond donors (Lipinski definition) is 0. The maximum Gasteiger partial charge on any atom is 0.164 e. The van der Waals surface area contributed by atoms with Gasteiger partial charge in [-0.1, -0.05) is 103 Å². The number of hydrogen-bond acceptors (Lipinski definition) is 4. The van der Waals surface area contributed by atoms with E-state index in [1.807, 2.05) is 0 Å². The van der Waals surface area contributed by atoms with E-state index in [1.165, 1.54) is 53.2 Å². The predicted molar refractivity (Wildman–Crippen MR) is 191 cm³/mol. The van der Waals surface area contributed by atoms with Crippen molar-refractivity contribution in [3.63, 3.8) is 0 Å². The summed E-state index contributed by atoms with van der Waals surface area (Å²) in [5.74, 6) is 3.45. The Bertz CT molecular complexity index is 2720. The summed E-state index contributed by atoms with van der Waals surface area (Å²) in [7, 11) is 0. The van der Waals surface area contributed by atoms with E-state index in [2.05, 4.69) is 115 Å². The quantitative estimate of drug-likeness (QED) is 0.258. The topological polar surface area (TPSA) is 51.8 Å². The highest BCUT2D eigenvalue weighted by Gasteiger charge is 2.24. The second-order valence-electron chi connectivity index (χ2n) is 13.2. The van der Waals surface area contributed by atoms with Gasteiger partial charge in [0.2, 0.25) is 0 Å². The van der Waals surface area contributed by atoms with E-state index in [-0.39, 0.29) is 11.8 Å². The van der Waals surface area contributed by atoms with Crippen molar-refractivity contribution in [3.05, 3.63) is 127 Å². The highest BCUT2D eigenvalue weighted by atomic mass is 16.3. The third-order valence-corrected chi connectivity index (χ3v) is 10.4. The van der Waals surface area contributed by atoms with Gasteiger partial charge in [0.25, 0.3) is 0 Å². The molecule has 0 bridgehead atoms. The molecule has 0 saturated heterocycles. The lowest BCUT2D eigenvalue weighted by molar-refractivity contribution is 0.513. The van der Waals surface area contributed by atoms with E-state index in [0.29, 0.717) is 0 Å². The second kappa shape index (κ2) is 10.6. The van der Waals surface area contributed by atoms with E-state index >= 15 is 0 Å². The monoisotopic (exact) mass is 607 g/mol. The Morgan fingerprint density at radius 2 is 1.36 bits per heavy atom. The van der Waals surface area contributed by atoms with Gasteiger partial charge in [-0.05, 0) is 93.1 Å². The molecule has 47 heavy (non-hydrogen) atoms. The van der Waals surface area contributed by atoms with Crippen molar-refractivity contribution in [2.45, 2.75) is 50.4 Å². The van der Waals surface area contributed by atoms with Crippen LogP contribution >= 0.6 is 0 Å². The fourth-order valence-electron chi connectivity index (χ4n) is 8.06. The fraction of sp³-hybridized carbons (Fsp3) is 0.186. The van der Waals surface area contributed by atoms with Crippen LogP contribution in [0.4, 0.5) is 0 Å². The summed E-state index contributed by atoms with van der Waals surface area (Å²) in [4.78, 5) is 15.7. The van der Waals surface area contributed by atoms with E-state index in [4.69, 9.17) is 19.4 Å². The molecule has 0 radical (unpaired) electrons. The molecule has 4 aromatic carbocycles. The summed E-state index contributed by atoms with van der Waals surface area (Å²) in [6, 6.07) is 24.2. The van der Waals surface area contributed by atoms with Crippen molar-refractivity contribution in [1.82, 2.24) is 15.0 Å². The second-order valence-corrected chi connectivity index (χ2v) is 13.2. The van der Waals surface area contributed by atoms with Crippen LogP contribution in [0.2, 0.25) is 0 Å². The molecule has 0 fully saturated rings. The summed E-state index contributed by atoms with van der Waals surface area (Å²) in [6.07, 6.45) is 24.3. The molecule has 4 aliphatic carbocycles. The predicted octanol–water partition coefficient (Wildman–Crippen LogP) is 5.25. The van der Waals surface area contributed by atoms with Crippen LogP contribution in [0.15, 0.2) is 77.2 Å². The van der Waals surface area contributed by atoms with E-state index in [1.54, 1.807) is 0 Å². The molecule has 0 spiro atoms. The van der Waals surface area contributed by atoms with Gasteiger partial charge < -0.3 is 4.42 Å². The number of furan rings is 1. The normalized spacial score (nSPS) is 19.1. The highest BCUT2D eigenvalue weighted by Crippen LogP contribution is 2.33. The van der Waals surface area contributed by atoms with Gasteiger partial charge in [0.05, 0.1) is 0 Å². The molecule has 2 heterocycles. The molecule has 10 rings (SSSR count). The van der Waals surface area contributed by atoms with Crippen LogP contribution < -0.4 is 31.5 Å². The molecule has 6 aromatic rings. The zero-order valence-corrected chi connectivity index (χ0v) is 26.1. The van der Waals surface area contributed by atoms with Gasteiger partial charge in [-0.25, -0.2) is 15.0 Å². The fourth-order valence-corrected chi connectivity index (χ4v) is 8.06. The number of allylic oxidation sites excluding steroid dienone is 1. The molecule has 0 saturated carbocycles. The molecule has 4 heteroatoms. The van der Waals surface area contributed by atoms with Crippen LogP contribution in [-0.4, -0.2) is 15.0 Å². The summed E-state index contributed by atoms with van der Waals surface area (Å²) >= 11 is 0. The molecule has 2 aromatic heterocycles. The van der Waals surface area contributed by atoms with E-state index in [0.717, 1.165) is 72.7 Å². The Hall–Kier alpha value is -5.35. The van der Waals surface area contributed by atoms with Gasteiger partial charge in [0, 0.05) is 28.2 Å². The first-order valence-corrected chi connectivity index (χ1v) is 17.0. The van der Waals surface area contributed by atoms with Gasteiger partial charge in [0.1, 0.15) is 22.8 Å². The minimum Gasteiger partial charge on any atom is -0.457 e. The molecule has 226 valence electrons. The minimum atomic E-state index is 0.00792. The zero-order valence-electron chi connectivity index (χ0n) is 26.1. The number of nitrogens with zero attached hydrogens (tertiary/aromatic N) is 3. The molecule has 4 aliphatic rings. The highest BCUT2D eigenvalue weighted by molar-refractivity contribution is 6.11. The van der Waals surface area contributed by atoms with Crippen LogP contribution in [0.25, 0.3) is 75.5 Å². The van der Waals surface area contributed by atoms with Crippen molar-refractivity contribution >= 4 is 64.1 Å². The van der Waals surface area contributed by atoms with Crippen LogP contribution in [0, 0.1) is 0 Å². The average molecular weight is 608 g/mol. The van der Waals surface area contributed by atoms with Gasteiger partial charge in [-0.15, -0.1) is 0 Å². The first-order chi connectivity index (χ1) is 23.3. The summed E-state index contributed by atoms with van der Waals surface area (Å²) in [5.41, 5.74) is 3.32. The number of benzene rings is 4. The molecular formula is C43H33N3O. The summed E-state index contributed by atoms with van der Waals surface area (Å²) in [5, 5.41) is 11.4. The molecule has 0 aliphatic heterocycles. The lowest BCUT2D eigenvalue weighted by Crippen LogP contribution is -2.29. The molecule has 4 nitrogen and oxygen atoms in total. The first kappa shape index (κ1) is 26.8. The van der Waals surface area contributed by atoms with Crippen LogP contribution in [0.3, 0.4) is 0 Å². The molecule has 2 unspecified atom stereocenters. The maximum atomic E-state index is 6.36. The van der Waals surface area contributed by atoms with E-state index < -0.39 is 0 Å². The van der Waals surface area contributed by atoms with Crippen molar-refractivity contribution in [3.8, 4) is 11.4 Å². The Morgan fingerprint density at radius 3 is 2.30 bits per heavy atom. The van der Waals surface area contributed by atoms with Gasteiger partial charge in [-0.2, -0.15) is 0 Å². The summed E-state index contributed by atoms with van der Waals surface area (Å²) in [6.45, 7) is 0. The smallest absolute Gasteiger partial charge is 0.164 e. The van der Waals surface area contributed by atoms with Crippen LogP contribution in [0.5, 0.6) is 0 Å². The third kappa shape index (κ3) is 4.39. The third-order valence-electron chi connectivity index (χ3n) is 10.4. The first-order valence-electron chi connectivity index (χ1n) is 17.0. The number of rotatable bonds is 3. The van der Waals surface area contributed by atoms with Gasteiger partial charge in [0.15, 0.2) is 5.82 Å². The molecule has 2 atom stereocenters. The SMILES string of the molecule is C1=Cc2oc3c(c2CC1)=CCC(c1nc(-c2cccc4c2ccc2c5c(ccc24)=CCCC=5)nc(C2C=c4ccccc4=CC2)n1)C=3. The molecular weight excluding hydrogens is 574 g/mol. The maximum absolute atomic E-state index is 6.36. The van der Waals surface area contributed by atoms with Crippen molar-refractivity contribution in [2.75, 3.05) is 0 Å². The molecule has 0 N–H and O–H groups in total. The Morgan fingerprint density at radius 1 is 0.574 bits per heavy atom. The largest absolute Gasteiger partial charge is 0.457 e. The van der Waals surface area contributed by atoms with Crippen molar-refractivity contribution in [2.24, 2.45) is 0 Å². The average Bonchev–Trinajstić information content (AvgIpc) is 3.52. The van der Waals surface area contributed by atoms with Crippen LogP contribution in [0.1, 0.15) is 66.9 Å². The van der Waals surface area contributed by atoms with Crippen molar-refractivity contribution < 1.29 is 4.42 Å².